The standard InChI is InChI=1S/C13H21NO/c1-6-7-13(4,5)14-10(2)8-12(9-15)11(14)3/h8-9H,6-7H2,1-5H3. The summed E-state index contributed by atoms with van der Waals surface area (Å²) in [5.41, 5.74) is 3.18. The zero-order valence-corrected chi connectivity index (χ0v) is 10.4. The normalized spacial score (nSPS) is 11.8. The van der Waals surface area contributed by atoms with Crippen LogP contribution in [0.1, 0.15) is 55.4 Å². The van der Waals surface area contributed by atoms with Crippen molar-refractivity contribution in [3.8, 4) is 0 Å². The highest BCUT2D eigenvalue weighted by Crippen LogP contribution is 2.27. The van der Waals surface area contributed by atoms with Gasteiger partial charge in [0.2, 0.25) is 0 Å². The number of aldehydes is 1. The molecule has 1 aromatic heterocycles. The Morgan fingerprint density at radius 2 is 2.00 bits per heavy atom. The minimum atomic E-state index is 0.101. The number of aryl methyl sites for hydroxylation is 1. The Morgan fingerprint density at radius 1 is 1.40 bits per heavy atom. The predicted molar refractivity (Wildman–Crippen MR) is 63.5 cm³/mol. The van der Waals surface area contributed by atoms with Crippen molar-refractivity contribution < 1.29 is 4.79 Å². The number of nitrogens with zero attached hydrogens (tertiary/aromatic N) is 1. The molecule has 0 bridgehead atoms. The van der Waals surface area contributed by atoms with E-state index in [1.165, 1.54) is 5.69 Å². The minimum absolute atomic E-state index is 0.101. The molecule has 1 aromatic rings. The predicted octanol–water partition coefficient (Wildman–Crippen LogP) is 3.45. The smallest absolute Gasteiger partial charge is 0.151 e. The first-order valence-corrected chi connectivity index (χ1v) is 5.58. The van der Waals surface area contributed by atoms with E-state index >= 15 is 0 Å². The summed E-state index contributed by atoms with van der Waals surface area (Å²) < 4.78 is 2.28. The summed E-state index contributed by atoms with van der Waals surface area (Å²) in [5.74, 6) is 0. The Labute approximate surface area is 92.3 Å². The van der Waals surface area contributed by atoms with Crippen molar-refractivity contribution in [3.05, 3.63) is 23.0 Å². The molecule has 1 rings (SSSR count). The van der Waals surface area contributed by atoms with E-state index in [4.69, 9.17) is 0 Å². The molecule has 0 saturated carbocycles. The number of carbonyl (C=O) groups is 1. The van der Waals surface area contributed by atoms with Gasteiger partial charge in [0.15, 0.2) is 6.29 Å². The third-order valence-electron chi connectivity index (χ3n) is 3.06. The number of carbonyl (C=O) groups excluding carboxylic acids is 1. The summed E-state index contributed by atoms with van der Waals surface area (Å²) in [6, 6.07) is 1.97. The summed E-state index contributed by atoms with van der Waals surface area (Å²) in [6.07, 6.45) is 3.23. The van der Waals surface area contributed by atoms with Gasteiger partial charge in [-0.15, -0.1) is 0 Å². The molecule has 0 unspecified atom stereocenters. The first kappa shape index (κ1) is 12.0. The molecule has 0 atom stereocenters. The minimum Gasteiger partial charge on any atom is -0.343 e. The van der Waals surface area contributed by atoms with Crippen LogP contribution in [0.2, 0.25) is 0 Å². The van der Waals surface area contributed by atoms with E-state index in [2.05, 4.69) is 32.3 Å². The molecule has 2 nitrogen and oxygen atoms in total. The lowest BCUT2D eigenvalue weighted by atomic mass is 9.98. The van der Waals surface area contributed by atoms with Gasteiger partial charge in [-0.25, -0.2) is 0 Å². The lowest BCUT2D eigenvalue weighted by molar-refractivity contribution is 0.112. The zero-order valence-electron chi connectivity index (χ0n) is 10.4. The molecule has 0 fully saturated rings. The molecule has 0 radical (unpaired) electrons. The highest BCUT2D eigenvalue weighted by atomic mass is 16.1. The van der Waals surface area contributed by atoms with Crippen LogP contribution < -0.4 is 0 Å². The maximum Gasteiger partial charge on any atom is 0.151 e. The maximum absolute atomic E-state index is 10.9. The van der Waals surface area contributed by atoms with E-state index in [9.17, 15) is 4.79 Å². The Morgan fingerprint density at radius 3 is 2.40 bits per heavy atom. The highest BCUT2D eigenvalue weighted by Gasteiger charge is 2.23. The largest absolute Gasteiger partial charge is 0.343 e. The van der Waals surface area contributed by atoms with Crippen LogP contribution in [-0.4, -0.2) is 10.9 Å². The topological polar surface area (TPSA) is 22.0 Å². The van der Waals surface area contributed by atoms with Crippen molar-refractivity contribution in [2.24, 2.45) is 0 Å². The third kappa shape index (κ3) is 2.14. The van der Waals surface area contributed by atoms with Gasteiger partial charge in [0.05, 0.1) is 0 Å². The van der Waals surface area contributed by atoms with Gasteiger partial charge in [-0.3, -0.25) is 4.79 Å². The second kappa shape index (κ2) is 4.21. The van der Waals surface area contributed by atoms with Gasteiger partial charge in [0.25, 0.3) is 0 Å². The Hall–Kier alpha value is -1.05. The molecule has 0 N–H and O–H groups in total. The number of hydrogen-bond acceptors (Lipinski definition) is 1. The molecule has 0 amide bonds. The van der Waals surface area contributed by atoms with Gasteiger partial charge in [-0.05, 0) is 40.2 Å². The van der Waals surface area contributed by atoms with E-state index in [0.717, 1.165) is 30.4 Å². The highest BCUT2D eigenvalue weighted by molar-refractivity contribution is 5.77. The second-order valence-electron chi connectivity index (χ2n) is 4.84. The van der Waals surface area contributed by atoms with Gasteiger partial charge in [0.1, 0.15) is 0 Å². The lowest BCUT2D eigenvalue weighted by Gasteiger charge is -2.30. The molecule has 2 heteroatoms. The summed E-state index contributed by atoms with van der Waals surface area (Å²) in [6.45, 7) is 10.7. The number of rotatable bonds is 4. The van der Waals surface area contributed by atoms with Crippen molar-refractivity contribution in [2.75, 3.05) is 0 Å². The molecule has 0 aliphatic carbocycles. The molecule has 0 aliphatic heterocycles. The fourth-order valence-electron chi connectivity index (χ4n) is 2.56. The van der Waals surface area contributed by atoms with Crippen molar-refractivity contribution in [3.63, 3.8) is 0 Å². The molecule has 15 heavy (non-hydrogen) atoms. The van der Waals surface area contributed by atoms with Crippen molar-refractivity contribution in [1.29, 1.82) is 0 Å². The van der Waals surface area contributed by atoms with Crippen molar-refractivity contribution in [2.45, 2.75) is 53.0 Å². The van der Waals surface area contributed by atoms with Crippen LogP contribution in [0, 0.1) is 13.8 Å². The van der Waals surface area contributed by atoms with Crippen molar-refractivity contribution in [1.82, 2.24) is 4.57 Å². The molecule has 0 aromatic carbocycles. The van der Waals surface area contributed by atoms with Gasteiger partial charge < -0.3 is 4.57 Å². The van der Waals surface area contributed by atoms with Crippen LogP contribution >= 0.6 is 0 Å². The second-order valence-corrected chi connectivity index (χ2v) is 4.84. The number of hydrogen-bond donors (Lipinski definition) is 0. The van der Waals surface area contributed by atoms with Gasteiger partial charge in [0, 0.05) is 22.5 Å². The number of aromatic nitrogens is 1. The van der Waals surface area contributed by atoms with Crippen LogP contribution in [0.5, 0.6) is 0 Å². The van der Waals surface area contributed by atoms with Crippen LogP contribution in [0.25, 0.3) is 0 Å². The summed E-state index contributed by atoms with van der Waals surface area (Å²) >= 11 is 0. The summed E-state index contributed by atoms with van der Waals surface area (Å²) in [5, 5.41) is 0. The van der Waals surface area contributed by atoms with E-state index < -0.39 is 0 Å². The Balaban J connectivity index is 3.24. The molecule has 1 heterocycles. The maximum atomic E-state index is 10.9. The fraction of sp³-hybridized carbons (Fsp3) is 0.615. The molecule has 0 spiro atoms. The summed E-state index contributed by atoms with van der Waals surface area (Å²) in [4.78, 5) is 10.9. The SMILES string of the molecule is CCCC(C)(C)n1c(C)cc(C=O)c1C. The first-order valence-electron chi connectivity index (χ1n) is 5.58. The first-order chi connectivity index (χ1) is 6.94. The fourth-order valence-corrected chi connectivity index (χ4v) is 2.56. The quantitative estimate of drug-likeness (QED) is 0.693. The van der Waals surface area contributed by atoms with E-state index in [0.29, 0.717) is 0 Å². The summed E-state index contributed by atoms with van der Waals surface area (Å²) in [7, 11) is 0. The van der Waals surface area contributed by atoms with Crippen molar-refractivity contribution >= 4 is 6.29 Å². The average molecular weight is 207 g/mol. The van der Waals surface area contributed by atoms with Crippen LogP contribution in [0.15, 0.2) is 6.07 Å². The van der Waals surface area contributed by atoms with E-state index in [1.807, 2.05) is 13.0 Å². The lowest BCUT2D eigenvalue weighted by Crippen LogP contribution is -2.28. The van der Waals surface area contributed by atoms with E-state index in [1.54, 1.807) is 0 Å². The molecular formula is C13H21NO. The third-order valence-corrected chi connectivity index (χ3v) is 3.06. The molecular weight excluding hydrogens is 186 g/mol. The van der Waals surface area contributed by atoms with Gasteiger partial charge >= 0.3 is 0 Å². The monoisotopic (exact) mass is 207 g/mol. The van der Waals surface area contributed by atoms with Gasteiger partial charge in [-0.2, -0.15) is 0 Å². The molecule has 0 saturated heterocycles. The Kier molecular flexibility index (Phi) is 3.38. The zero-order chi connectivity index (χ0) is 11.6. The van der Waals surface area contributed by atoms with Crippen LogP contribution in [0.3, 0.4) is 0 Å². The van der Waals surface area contributed by atoms with Gasteiger partial charge in [-0.1, -0.05) is 13.3 Å². The molecule has 0 aliphatic rings. The van der Waals surface area contributed by atoms with E-state index in [-0.39, 0.29) is 5.54 Å². The molecule has 84 valence electrons. The van der Waals surface area contributed by atoms with Crippen LogP contribution in [-0.2, 0) is 5.54 Å². The van der Waals surface area contributed by atoms with Crippen LogP contribution in [0.4, 0.5) is 0 Å². The average Bonchev–Trinajstić information content (AvgIpc) is 2.41. The Bertz CT molecular complexity index is 361.